The quantitative estimate of drug-likeness (QED) is 0.788. The lowest BCUT2D eigenvalue weighted by molar-refractivity contribution is 0.0551. The fraction of sp³-hybridized carbons (Fsp3) is 0.538. The molecule has 0 aromatic heterocycles. The van der Waals surface area contributed by atoms with Crippen molar-refractivity contribution in [3.63, 3.8) is 0 Å². The van der Waals surface area contributed by atoms with E-state index < -0.39 is 0 Å². The molecule has 0 atom stereocenters. The summed E-state index contributed by atoms with van der Waals surface area (Å²) in [5.74, 6) is 0.894. The second-order valence-electron chi connectivity index (χ2n) is 4.06. The molecule has 2 N–H and O–H groups in total. The van der Waals surface area contributed by atoms with E-state index >= 15 is 0 Å². The second-order valence-corrected chi connectivity index (χ2v) is 4.97. The summed E-state index contributed by atoms with van der Waals surface area (Å²) in [6.45, 7) is 5.82. The maximum atomic E-state index is 5.69. The molecule has 17 heavy (non-hydrogen) atoms. The van der Waals surface area contributed by atoms with Crippen LogP contribution in [0.1, 0.15) is 19.4 Å². The molecule has 0 bridgehead atoms. The molecule has 0 saturated carbocycles. The molecular weight excluding hydrogens is 282 g/mol. The van der Waals surface area contributed by atoms with Crippen molar-refractivity contribution in [1.29, 1.82) is 0 Å². The van der Waals surface area contributed by atoms with Crippen LogP contribution in [-0.2, 0) is 11.2 Å². The number of hydrogen-bond donors (Lipinski definition) is 1. The van der Waals surface area contributed by atoms with E-state index in [1.54, 1.807) is 0 Å². The van der Waals surface area contributed by atoms with Gasteiger partial charge in [0.25, 0.3) is 0 Å². The molecule has 0 radical (unpaired) electrons. The number of benzene rings is 1. The monoisotopic (exact) mass is 301 g/mol. The highest BCUT2D eigenvalue weighted by Gasteiger charge is 2.04. The van der Waals surface area contributed by atoms with Gasteiger partial charge in [-0.25, -0.2) is 0 Å². The smallest absolute Gasteiger partial charge is 0.122 e. The van der Waals surface area contributed by atoms with E-state index in [-0.39, 0.29) is 6.10 Å². The van der Waals surface area contributed by atoms with Crippen LogP contribution in [0.25, 0.3) is 0 Å². The molecule has 0 spiro atoms. The largest absolute Gasteiger partial charge is 0.491 e. The SMILES string of the molecule is CC(C)OCCOc1ccc(Br)cc1CCN. The fourth-order valence-electron chi connectivity index (χ4n) is 1.48. The lowest BCUT2D eigenvalue weighted by Gasteiger charge is -2.12. The van der Waals surface area contributed by atoms with Crippen LogP contribution < -0.4 is 10.5 Å². The number of ether oxygens (including phenoxy) is 2. The number of hydrogen-bond acceptors (Lipinski definition) is 3. The Morgan fingerprint density at radius 2 is 2.06 bits per heavy atom. The number of rotatable bonds is 7. The van der Waals surface area contributed by atoms with E-state index in [1.165, 1.54) is 0 Å². The van der Waals surface area contributed by atoms with Gasteiger partial charge in [0, 0.05) is 4.47 Å². The van der Waals surface area contributed by atoms with Crippen molar-refractivity contribution in [2.24, 2.45) is 5.73 Å². The summed E-state index contributed by atoms with van der Waals surface area (Å²) in [6.07, 6.45) is 1.06. The van der Waals surface area contributed by atoms with Gasteiger partial charge in [-0.3, -0.25) is 0 Å². The Bertz CT molecular complexity index is 342. The van der Waals surface area contributed by atoms with Crippen LogP contribution in [0.4, 0.5) is 0 Å². The van der Waals surface area contributed by atoms with Gasteiger partial charge < -0.3 is 15.2 Å². The molecule has 0 heterocycles. The summed E-state index contributed by atoms with van der Waals surface area (Å²) in [6, 6.07) is 5.98. The van der Waals surface area contributed by atoms with Gasteiger partial charge in [0.1, 0.15) is 12.4 Å². The summed E-state index contributed by atoms with van der Waals surface area (Å²) in [7, 11) is 0. The summed E-state index contributed by atoms with van der Waals surface area (Å²) in [5.41, 5.74) is 6.71. The Kier molecular flexibility index (Phi) is 6.55. The third kappa shape index (κ3) is 5.52. The first-order valence-electron chi connectivity index (χ1n) is 5.86. The minimum Gasteiger partial charge on any atom is -0.491 e. The molecule has 0 unspecified atom stereocenters. The van der Waals surface area contributed by atoms with Crippen molar-refractivity contribution in [3.05, 3.63) is 28.2 Å². The Morgan fingerprint density at radius 1 is 1.29 bits per heavy atom. The number of halogens is 1. The second kappa shape index (κ2) is 7.69. The zero-order valence-electron chi connectivity index (χ0n) is 10.4. The maximum Gasteiger partial charge on any atom is 0.122 e. The molecular formula is C13H20BrNO2. The van der Waals surface area contributed by atoms with Crippen molar-refractivity contribution in [3.8, 4) is 5.75 Å². The number of nitrogens with two attached hydrogens (primary N) is 1. The van der Waals surface area contributed by atoms with Crippen LogP contribution in [0.2, 0.25) is 0 Å². The summed E-state index contributed by atoms with van der Waals surface area (Å²) in [5, 5.41) is 0. The van der Waals surface area contributed by atoms with Crippen LogP contribution in [0.15, 0.2) is 22.7 Å². The normalized spacial score (nSPS) is 10.9. The van der Waals surface area contributed by atoms with E-state index in [9.17, 15) is 0 Å². The van der Waals surface area contributed by atoms with Crippen LogP contribution in [-0.4, -0.2) is 25.9 Å². The molecule has 0 aliphatic heterocycles. The molecule has 4 heteroatoms. The van der Waals surface area contributed by atoms with Gasteiger partial charge in [0.15, 0.2) is 0 Å². The van der Waals surface area contributed by atoms with E-state index in [1.807, 2.05) is 32.0 Å². The van der Waals surface area contributed by atoms with Gasteiger partial charge in [0.05, 0.1) is 12.7 Å². The summed E-state index contributed by atoms with van der Waals surface area (Å²) in [4.78, 5) is 0. The van der Waals surface area contributed by atoms with Crippen molar-refractivity contribution in [2.75, 3.05) is 19.8 Å². The Labute approximate surface area is 111 Å². The topological polar surface area (TPSA) is 44.5 Å². The molecule has 1 rings (SSSR count). The van der Waals surface area contributed by atoms with Crippen molar-refractivity contribution < 1.29 is 9.47 Å². The molecule has 0 saturated heterocycles. The average Bonchev–Trinajstić information content (AvgIpc) is 2.27. The van der Waals surface area contributed by atoms with E-state index in [2.05, 4.69) is 15.9 Å². The Hall–Kier alpha value is -0.580. The Balaban J connectivity index is 2.51. The van der Waals surface area contributed by atoms with Gasteiger partial charge in [-0.1, -0.05) is 15.9 Å². The summed E-state index contributed by atoms with van der Waals surface area (Å²) >= 11 is 3.45. The Morgan fingerprint density at radius 3 is 2.71 bits per heavy atom. The fourth-order valence-corrected chi connectivity index (χ4v) is 1.88. The highest BCUT2D eigenvalue weighted by atomic mass is 79.9. The van der Waals surface area contributed by atoms with E-state index in [0.29, 0.717) is 19.8 Å². The van der Waals surface area contributed by atoms with Crippen molar-refractivity contribution in [1.82, 2.24) is 0 Å². The van der Waals surface area contributed by atoms with Crippen LogP contribution in [0, 0.1) is 0 Å². The molecule has 0 aliphatic carbocycles. The van der Waals surface area contributed by atoms with E-state index in [4.69, 9.17) is 15.2 Å². The standard InChI is InChI=1S/C13H20BrNO2/c1-10(2)16-7-8-17-13-4-3-12(14)9-11(13)5-6-15/h3-4,9-10H,5-8,15H2,1-2H3. The molecule has 0 amide bonds. The first-order chi connectivity index (χ1) is 8.13. The van der Waals surface area contributed by atoms with Crippen LogP contribution in [0.5, 0.6) is 5.75 Å². The minimum atomic E-state index is 0.243. The molecule has 3 nitrogen and oxygen atoms in total. The first-order valence-corrected chi connectivity index (χ1v) is 6.65. The van der Waals surface area contributed by atoms with Crippen LogP contribution >= 0.6 is 15.9 Å². The molecule has 0 fully saturated rings. The van der Waals surface area contributed by atoms with Gasteiger partial charge in [-0.15, -0.1) is 0 Å². The summed E-state index contributed by atoms with van der Waals surface area (Å²) < 4.78 is 12.2. The lowest BCUT2D eigenvalue weighted by atomic mass is 10.1. The van der Waals surface area contributed by atoms with Gasteiger partial charge in [-0.05, 0) is 50.6 Å². The van der Waals surface area contributed by atoms with Gasteiger partial charge in [-0.2, -0.15) is 0 Å². The predicted octanol–water partition coefficient (Wildman–Crippen LogP) is 2.75. The minimum absolute atomic E-state index is 0.243. The van der Waals surface area contributed by atoms with Gasteiger partial charge in [0.2, 0.25) is 0 Å². The lowest BCUT2D eigenvalue weighted by Crippen LogP contribution is -2.12. The highest BCUT2D eigenvalue weighted by Crippen LogP contribution is 2.23. The van der Waals surface area contributed by atoms with E-state index in [0.717, 1.165) is 22.2 Å². The maximum absolute atomic E-state index is 5.69. The van der Waals surface area contributed by atoms with Crippen molar-refractivity contribution in [2.45, 2.75) is 26.4 Å². The first kappa shape index (κ1) is 14.5. The van der Waals surface area contributed by atoms with Crippen LogP contribution in [0.3, 0.4) is 0 Å². The predicted molar refractivity (Wildman–Crippen MR) is 73.5 cm³/mol. The molecule has 1 aromatic rings. The third-order valence-corrected chi connectivity index (χ3v) is 2.72. The zero-order valence-corrected chi connectivity index (χ0v) is 12.0. The molecule has 0 aliphatic rings. The third-order valence-electron chi connectivity index (χ3n) is 2.23. The average molecular weight is 302 g/mol. The van der Waals surface area contributed by atoms with Crippen molar-refractivity contribution >= 4 is 15.9 Å². The molecule has 96 valence electrons. The zero-order chi connectivity index (χ0) is 12.7. The molecule has 1 aromatic carbocycles. The van der Waals surface area contributed by atoms with Gasteiger partial charge >= 0.3 is 0 Å². The highest BCUT2D eigenvalue weighted by molar-refractivity contribution is 9.10.